The molecule has 3 nitrogen and oxygen atoms in total. The first kappa shape index (κ1) is 11.2. The highest BCUT2D eigenvalue weighted by Gasteiger charge is 2.13. The van der Waals surface area contributed by atoms with Gasteiger partial charge in [-0.2, -0.15) is 0 Å². The Labute approximate surface area is 109 Å². The van der Waals surface area contributed by atoms with E-state index in [-0.39, 0.29) is 5.91 Å². The van der Waals surface area contributed by atoms with E-state index in [2.05, 4.69) is 4.98 Å². The molecule has 0 atom stereocenters. The molecule has 2 heterocycles. The summed E-state index contributed by atoms with van der Waals surface area (Å²) in [5, 5.41) is 2.49. The standard InChI is InChI=1S/C14H11ClN2O/c1-8-7-17(9(2)18)14-10-4-3-5-12(15)13(10)16-6-11(8)14/h3-7H,1-2H3. The van der Waals surface area contributed by atoms with E-state index >= 15 is 0 Å². The lowest BCUT2D eigenvalue weighted by Gasteiger charge is -2.04. The number of rotatable bonds is 0. The fourth-order valence-corrected chi connectivity index (χ4v) is 2.52. The Morgan fingerprint density at radius 1 is 1.33 bits per heavy atom. The summed E-state index contributed by atoms with van der Waals surface area (Å²) in [7, 11) is 0. The summed E-state index contributed by atoms with van der Waals surface area (Å²) in [5.74, 6) is -0.0134. The van der Waals surface area contributed by atoms with Gasteiger partial charge in [0.05, 0.1) is 16.1 Å². The highest BCUT2D eigenvalue weighted by Crippen LogP contribution is 2.30. The normalized spacial score (nSPS) is 11.3. The molecule has 0 aliphatic carbocycles. The first-order valence-electron chi connectivity index (χ1n) is 5.65. The van der Waals surface area contributed by atoms with Crippen molar-refractivity contribution in [1.29, 1.82) is 0 Å². The van der Waals surface area contributed by atoms with Crippen molar-refractivity contribution in [3.8, 4) is 0 Å². The molecule has 0 aliphatic rings. The Kier molecular flexibility index (Phi) is 2.38. The molecule has 0 unspecified atom stereocenters. The summed E-state index contributed by atoms with van der Waals surface area (Å²) in [6.45, 7) is 3.52. The molecular formula is C14H11ClN2O. The van der Waals surface area contributed by atoms with Crippen LogP contribution in [0.2, 0.25) is 5.02 Å². The van der Waals surface area contributed by atoms with E-state index in [1.807, 2.05) is 25.3 Å². The first-order chi connectivity index (χ1) is 8.59. The number of hydrogen-bond donors (Lipinski definition) is 0. The number of aromatic nitrogens is 2. The molecule has 4 heteroatoms. The third-order valence-electron chi connectivity index (χ3n) is 3.15. The summed E-state index contributed by atoms with van der Waals surface area (Å²) in [5.41, 5.74) is 2.65. The zero-order valence-corrected chi connectivity index (χ0v) is 10.8. The van der Waals surface area contributed by atoms with Gasteiger partial charge in [-0.05, 0) is 18.6 Å². The number of para-hydroxylation sites is 1. The summed E-state index contributed by atoms with van der Waals surface area (Å²) < 4.78 is 1.66. The number of carbonyl (C=O) groups is 1. The van der Waals surface area contributed by atoms with Gasteiger partial charge >= 0.3 is 0 Å². The van der Waals surface area contributed by atoms with E-state index in [9.17, 15) is 4.79 Å². The summed E-state index contributed by atoms with van der Waals surface area (Å²) in [6, 6.07) is 5.62. The van der Waals surface area contributed by atoms with Crippen LogP contribution in [0.3, 0.4) is 0 Å². The van der Waals surface area contributed by atoms with E-state index in [1.54, 1.807) is 23.8 Å². The van der Waals surface area contributed by atoms with Crippen LogP contribution in [0.25, 0.3) is 21.8 Å². The van der Waals surface area contributed by atoms with Crippen LogP contribution >= 0.6 is 11.6 Å². The Morgan fingerprint density at radius 2 is 2.11 bits per heavy atom. The average Bonchev–Trinajstić information content (AvgIpc) is 2.68. The van der Waals surface area contributed by atoms with Crippen LogP contribution in [0.5, 0.6) is 0 Å². The van der Waals surface area contributed by atoms with Gasteiger partial charge in [-0.25, -0.2) is 0 Å². The van der Waals surface area contributed by atoms with E-state index < -0.39 is 0 Å². The minimum absolute atomic E-state index is 0.0134. The van der Waals surface area contributed by atoms with Crippen molar-refractivity contribution in [1.82, 2.24) is 9.55 Å². The molecule has 1 aromatic carbocycles. The molecule has 90 valence electrons. The molecule has 0 bridgehead atoms. The van der Waals surface area contributed by atoms with Gasteiger partial charge in [0.15, 0.2) is 0 Å². The predicted molar refractivity (Wildman–Crippen MR) is 73.3 cm³/mol. The highest BCUT2D eigenvalue weighted by atomic mass is 35.5. The molecule has 0 saturated carbocycles. The smallest absolute Gasteiger partial charge is 0.227 e. The minimum Gasteiger partial charge on any atom is -0.286 e. The summed E-state index contributed by atoms with van der Waals surface area (Å²) in [4.78, 5) is 16.1. The topological polar surface area (TPSA) is 34.9 Å². The molecule has 0 saturated heterocycles. The summed E-state index contributed by atoms with van der Waals surface area (Å²) in [6.07, 6.45) is 3.62. The molecular weight excluding hydrogens is 248 g/mol. The van der Waals surface area contributed by atoms with Crippen molar-refractivity contribution < 1.29 is 4.79 Å². The van der Waals surface area contributed by atoms with Crippen LogP contribution in [0, 0.1) is 6.92 Å². The van der Waals surface area contributed by atoms with Gasteiger partial charge in [-0.1, -0.05) is 23.7 Å². The number of pyridine rings is 1. The molecule has 0 fully saturated rings. The minimum atomic E-state index is -0.0134. The number of halogens is 1. The maximum absolute atomic E-state index is 11.7. The van der Waals surface area contributed by atoms with Crippen molar-refractivity contribution in [2.24, 2.45) is 0 Å². The van der Waals surface area contributed by atoms with Gasteiger partial charge in [0, 0.05) is 30.1 Å². The van der Waals surface area contributed by atoms with E-state index in [4.69, 9.17) is 11.6 Å². The van der Waals surface area contributed by atoms with Crippen LogP contribution < -0.4 is 0 Å². The second-order valence-corrected chi connectivity index (χ2v) is 4.76. The van der Waals surface area contributed by atoms with Crippen molar-refractivity contribution in [2.45, 2.75) is 13.8 Å². The monoisotopic (exact) mass is 258 g/mol. The largest absolute Gasteiger partial charge is 0.286 e. The predicted octanol–water partition coefficient (Wildman–Crippen LogP) is 3.81. The maximum atomic E-state index is 11.7. The number of hydrogen-bond acceptors (Lipinski definition) is 2. The van der Waals surface area contributed by atoms with Crippen molar-refractivity contribution in [3.05, 3.63) is 41.2 Å². The van der Waals surface area contributed by atoms with Crippen LogP contribution in [-0.2, 0) is 0 Å². The van der Waals surface area contributed by atoms with Crippen LogP contribution in [0.1, 0.15) is 17.3 Å². The molecule has 18 heavy (non-hydrogen) atoms. The number of nitrogens with zero attached hydrogens (tertiary/aromatic N) is 2. The van der Waals surface area contributed by atoms with E-state index in [0.717, 1.165) is 27.4 Å². The SMILES string of the molecule is CC(=O)n1cc(C)c2cnc3c(Cl)cccc3c21. The Morgan fingerprint density at radius 3 is 2.83 bits per heavy atom. The fraction of sp³-hybridized carbons (Fsp3) is 0.143. The molecule has 0 aliphatic heterocycles. The lowest BCUT2D eigenvalue weighted by molar-refractivity contribution is 0.0941. The molecule has 3 rings (SSSR count). The van der Waals surface area contributed by atoms with Crippen LogP contribution in [0.4, 0.5) is 0 Å². The van der Waals surface area contributed by atoms with E-state index in [0.29, 0.717) is 5.02 Å². The fourth-order valence-electron chi connectivity index (χ4n) is 2.30. The quantitative estimate of drug-likeness (QED) is 0.615. The Balaban J connectivity index is 2.60. The Bertz CT molecular complexity index is 789. The Hall–Kier alpha value is -1.87. The average molecular weight is 259 g/mol. The van der Waals surface area contributed by atoms with Gasteiger partial charge < -0.3 is 0 Å². The molecule has 0 radical (unpaired) electrons. The maximum Gasteiger partial charge on any atom is 0.227 e. The molecule has 0 spiro atoms. The number of benzene rings is 1. The number of aryl methyl sites for hydroxylation is 1. The first-order valence-corrected chi connectivity index (χ1v) is 6.03. The van der Waals surface area contributed by atoms with Crippen molar-refractivity contribution in [3.63, 3.8) is 0 Å². The highest BCUT2D eigenvalue weighted by molar-refractivity contribution is 6.35. The van der Waals surface area contributed by atoms with Crippen LogP contribution in [0.15, 0.2) is 30.6 Å². The lowest BCUT2D eigenvalue weighted by Crippen LogP contribution is -2.03. The van der Waals surface area contributed by atoms with Gasteiger partial charge in [0.25, 0.3) is 0 Å². The van der Waals surface area contributed by atoms with Gasteiger partial charge in [-0.15, -0.1) is 0 Å². The second kappa shape index (κ2) is 3.82. The zero-order chi connectivity index (χ0) is 12.9. The van der Waals surface area contributed by atoms with Crippen molar-refractivity contribution >= 4 is 39.3 Å². The van der Waals surface area contributed by atoms with Gasteiger partial charge in [0.1, 0.15) is 0 Å². The summed E-state index contributed by atoms with van der Waals surface area (Å²) >= 11 is 6.14. The van der Waals surface area contributed by atoms with Crippen LogP contribution in [-0.4, -0.2) is 15.5 Å². The van der Waals surface area contributed by atoms with Crippen molar-refractivity contribution in [2.75, 3.05) is 0 Å². The molecule has 3 aromatic rings. The third-order valence-corrected chi connectivity index (χ3v) is 3.45. The van der Waals surface area contributed by atoms with Gasteiger partial charge in [0.2, 0.25) is 5.91 Å². The molecule has 0 amide bonds. The van der Waals surface area contributed by atoms with Gasteiger partial charge in [-0.3, -0.25) is 14.3 Å². The van der Waals surface area contributed by atoms with E-state index in [1.165, 1.54) is 0 Å². The zero-order valence-electron chi connectivity index (χ0n) is 10.1. The third kappa shape index (κ3) is 1.44. The molecule has 0 N–H and O–H groups in total. The number of fused-ring (bicyclic) bond motifs is 3. The lowest BCUT2D eigenvalue weighted by atomic mass is 10.1. The molecule has 2 aromatic heterocycles. The second-order valence-electron chi connectivity index (χ2n) is 4.36. The number of carbonyl (C=O) groups excluding carboxylic acids is 1.